The van der Waals surface area contributed by atoms with Crippen LogP contribution in [0.2, 0.25) is 15.1 Å². The Labute approximate surface area is 262 Å². The summed E-state index contributed by atoms with van der Waals surface area (Å²) in [5.41, 5.74) is 0.863. The van der Waals surface area contributed by atoms with Crippen molar-refractivity contribution in [2.45, 2.75) is 57.6 Å². The van der Waals surface area contributed by atoms with Crippen LogP contribution in [0.25, 0.3) is 0 Å². The molecular weight excluding hydrogens is 621 g/mol. The minimum atomic E-state index is -4.23. The predicted molar refractivity (Wildman–Crippen MR) is 168 cm³/mol. The second kappa shape index (κ2) is 15.0. The van der Waals surface area contributed by atoms with Crippen molar-refractivity contribution in [1.29, 1.82) is 0 Å². The van der Waals surface area contributed by atoms with Crippen molar-refractivity contribution >= 4 is 62.3 Å². The number of halogens is 3. The molecule has 0 saturated heterocycles. The highest BCUT2D eigenvalue weighted by Gasteiger charge is 2.33. The number of nitrogens with one attached hydrogen (secondary N) is 1. The van der Waals surface area contributed by atoms with E-state index in [0.717, 1.165) is 4.31 Å². The highest BCUT2D eigenvalue weighted by atomic mass is 35.5. The van der Waals surface area contributed by atoms with Crippen molar-refractivity contribution in [2.75, 3.05) is 17.5 Å². The Balaban J connectivity index is 2.04. The summed E-state index contributed by atoms with van der Waals surface area (Å²) in [6.45, 7) is 7.08. The second-order valence-electron chi connectivity index (χ2n) is 9.66. The zero-order valence-electron chi connectivity index (χ0n) is 23.8. The lowest BCUT2D eigenvalue weighted by molar-refractivity contribution is -0.139. The van der Waals surface area contributed by atoms with Gasteiger partial charge in [-0.25, -0.2) is 8.42 Å². The van der Waals surface area contributed by atoms with Crippen LogP contribution in [0, 0.1) is 0 Å². The maximum atomic E-state index is 14.0. The Bertz CT molecular complexity index is 1490. The summed E-state index contributed by atoms with van der Waals surface area (Å²) in [6.07, 6.45) is 0.698. The van der Waals surface area contributed by atoms with Gasteiger partial charge in [0.15, 0.2) is 0 Å². The lowest BCUT2D eigenvalue weighted by atomic mass is 10.1. The fraction of sp³-hybridized carbons (Fsp3) is 0.333. The van der Waals surface area contributed by atoms with Crippen LogP contribution in [0.5, 0.6) is 5.75 Å². The summed E-state index contributed by atoms with van der Waals surface area (Å²) in [7, 11) is -4.23. The van der Waals surface area contributed by atoms with Crippen LogP contribution in [0.1, 0.15) is 39.7 Å². The third-order valence-corrected chi connectivity index (χ3v) is 9.40. The molecule has 0 saturated carbocycles. The van der Waals surface area contributed by atoms with Crippen LogP contribution in [-0.2, 0) is 26.2 Å². The molecule has 42 heavy (non-hydrogen) atoms. The van der Waals surface area contributed by atoms with Gasteiger partial charge in [0.2, 0.25) is 11.8 Å². The van der Waals surface area contributed by atoms with Crippen molar-refractivity contribution in [3.8, 4) is 5.75 Å². The molecule has 2 amide bonds. The number of amides is 2. The molecule has 0 aliphatic carbocycles. The maximum absolute atomic E-state index is 14.0. The second-order valence-corrected chi connectivity index (χ2v) is 12.8. The molecule has 3 rings (SSSR count). The van der Waals surface area contributed by atoms with Gasteiger partial charge in [0.05, 0.1) is 27.2 Å². The van der Waals surface area contributed by atoms with E-state index in [1.807, 2.05) is 20.8 Å². The van der Waals surface area contributed by atoms with Crippen molar-refractivity contribution in [2.24, 2.45) is 0 Å². The standard InChI is InChI=1S/C30H34Cl3N3O5S/c1-5-20(3)34-30(38)21(4)35(18-22-7-16-27(32)28(33)17-22)29(37)19-36(24-10-12-25(13-11-24)41-6-2)42(39,40)26-14-8-23(31)9-15-26/h7-17,20-21H,5-6,18-19H2,1-4H3,(H,34,38)/t20-,21-/m1/s1. The fourth-order valence-corrected chi connectivity index (χ4v) is 5.88. The van der Waals surface area contributed by atoms with Gasteiger partial charge in [-0.2, -0.15) is 0 Å². The SMILES string of the molecule is CCOc1ccc(N(CC(=O)N(Cc2ccc(Cl)c(Cl)c2)[C@H](C)C(=O)N[C@H](C)CC)S(=O)(=O)c2ccc(Cl)cc2)cc1. The van der Waals surface area contributed by atoms with Crippen molar-refractivity contribution < 1.29 is 22.7 Å². The number of benzene rings is 3. The molecule has 0 radical (unpaired) electrons. The van der Waals surface area contributed by atoms with Gasteiger partial charge >= 0.3 is 0 Å². The van der Waals surface area contributed by atoms with E-state index in [1.54, 1.807) is 49.4 Å². The average Bonchev–Trinajstić information content (AvgIpc) is 2.96. The summed E-state index contributed by atoms with van der Waals surface area (Å²) < 4.78 is 34.3. The zero-order chi connectivity index (χ0) is 31.0. The summed E-state index contributed by atoms with van der Waals surface area (Å²) in [5.74, 6) is -0.418. The largest absolute Gasteiger partial charge is 0.494 e. The van der Waals surface area contributed by atoms with Crippen molar-refractivity contribution in [3.63, 3.8) is 0 Å². The van der Waals surface area contributed by atoms with Gasteiger partial charge in [0.25, 0.3) is 10.0 Å². The van der Waals surface area contributed by atoms with Crippen LogP contribution in [0.4, 0.5) is 5.69 Å². The minimum Gasteiger partial charge on any atom is -0.494 e. The van der Waals surface area contributed by atoms with Gasteiger partial charge < -0.3 is 15.0 Å². The molecule has 0 bridgehead atoms. The summed E-state index contributed by atoms with van der Waals surface area (Å²) in [4.78, 5) is 28.5. The van der Waals surface area contributed by atoms with Crippen molar-refractivity contribution in [1.82, 2.24) is 10.2 Å². The molecule has 3 aromatic rings. The molecule has 12 heteroatoms. The Morgan fingerprint density at radius 1 is 0.905 bits per heavy atom. The van der Waals surface area contributed by atoms with Gasteiger partial charge in [-0.05, 0) is 93.4 Å². The topological polar surface area (TPSA) is 96.0 Å². The van der Waals surface area contributed by atoms with Crippen molar-refractivity contribution in [3.05, 3.63) is 87.4 Å². The van der Waals surface area contributed by atoms with Gasteiger partial charge in [0.1, 0.15) is 18.3 Å². The number of hydrogen-bond donors (Lipinski definition) is 1. The predicted octanol–water partition coefficient (Wildman–Crippen LogP) is 6.57. The quantitative estimate of drug-likeness (QED) is 0.225. The van der Waals surface area contributed by atoms with Crippen LogP contribution in [-0.4, -0.2) is 50.4 Å². The molecule has 1 N–H and O–H groups in total. The number of rotatable bonds is 13. The van der Waals surface area contributed by atoms with E-state index in [9.17, 15) is 18.0 Å². The third-order valence-electron chi connectivity index (χ3n) is 6.62. The molecule has 3 aromatic carbocycles. The monoisotopic (exact) mass is 653 g/mol. The Hall–Kier alpha value is -2.98. The minimum absolute atomic E-state index is 0.0110. The number of carbonyl (C=O) groups is 2. The van der Waals surface area contributed by atoms with Crippen LogP contribution >= 0.6 is 34.8 Å². The normalized spacial score (nSPS) is 12.7. The maximum Gasteiger partial charge on any atom is 0.264 e. The van der Waals surface area contributed by atoms with Gasteiger partial charge in [0, 0.05) is 17.6 Å². The third kappa shape index (κ3) is 8.53. The molecule has 0 aliphatic rings. The van der Waals surface area contributed by atoms with Crippen LogP contribution in [0.3, 0.4) is 0 Å². The van der Waals surface area contributed by atoms with Crippen LogP contribution < -0.4 is 14.4 Å². The summed E-state index contributed by atoms with van der Waals surface area (Å²) >= 11 is 18.3. The molecule has 0 spiro atoms. The van der Waals surface area contributed by atoms with Gasteiger partial charge in [-0.3, -0.25) is 13.9 Å². The van der Waals surface area contributed by atoms with E-state index < -0.39 is 28.5 Å². The van der Waals surface area contributed by atoms with E-state index >= 15 is 0 Å². The number of sulfonamides is 1. The van der Waals surface area contributed by atoms with E-state index in [-0.39, 0.29) is 29.1 Å². The number of ether oxygens (including phenoxy) is 1. The first kappa shape index (κ1) is 33.5. The van der Waals surface area contributed by atoms with E-state index in [4.69, 9.17) is 39.5 Å². The molecule has 0 aliphatic heterocycles. The molecule has 0 aromatic heterocycles. The smallest absolute Gasteiger partial charge is 0.264 e. The Morgan fingerprint density at radius 3 is 2.12 bits per heavy atom. The van der Waals surface area contributed by atoms with E-state index in [1.165, 1.54) is 29.2 Å². The summed E-state index contributed by atoms with van der Waals surface area (Å²) in [5, 5.41) is 3.90. The lowest BCUT2D eigenvalue weighted by Gasteiger charge is -2.32. The number of anilines is 1. The summed E-state index contributed by atoms with van der Waals surface area (Å²) in [6, 6.07) is 15.9. The molecule has 0 fully saturated rings. The number of carbonyl (C=O) groups excluding carboxylic acids is 2. The first-order valence-corrected chi connectivity index (χ1v) is 16.0. The number of hydrogen-bond acceptors (Lipinski definition) is 5. The molecule has 0 unspecified atom stereocenters. The average molecular weight is 655 g/mol. The Kier molecular flexibility index (Phi) is 11.9. The first-order chi connectivity index (χ1) is 19.9. The lowest BCUT2D eigenvalue weighted by Crippen LogP contribution is -2.52. The molecule has 2 atom stereocenters. The molecule has 8 nitrogen and oxygen atoms in total. The van der Waals surface area contributed by atoms with E-state index in [2.05, 4.69) is 5.32 Å². The fourth-order valence-electron chi connectivity index (χ4n) is 4.02. The molecule has 0 heterocycles. The highest BCUT2D eigenvalue weighted by molar-refractivity contribution is 7.92. The van der Waals surface area contributed by atoms with E-state index in [0.29, 0.717) is 39.4 Å². The zero-order valence-corrected chi connectivity index (χ0v) is 26.9. The van der Waals surface area contributed by atoms with Gasteiger partial charge in [-0.15, -0.1) is 0 Å². The van der Waals surface area contributed by atoms with Gasteiger partial charge in [-0.1, -0.05) is 47.8 Å². The molecular formula is C30H34Cl3N3O5S. The number of nitrogens with zero attached hydrogens (tertiary/aromatic N) is 2. The van der Waals surface area contributed by atoms with Crippen LogP contribution in [0.15, 0.2) is 71.6 Å². The molecule has 226 valence electrons. The highest BCUT2D eigenvalue weighted by Crippen LogP contribution is 2.28. The Morgan fingerprint density at radius 2 is 1.55 bits per heavy atom. The first-order valence-electron chi connectivity index (χ1n) is 13.4.